The Labute approximate surface area is 85.0 Å². The minimum absolute atomic E-state index is 0.0933. The molecule has 2 atom stereocenters. The molecule has 0 unspecified atom stereocenters. The lowest BCUT2D eigenvalue weighted by molar-refractivity contribution is 0.193. The van der Waals surface area contributed by atoms with Crippen molar-refractivity contribution in [2.24, 2.45) is 5.92 Å². The zero-order valence-corrected chi connectivity index (χ0v) is 8.53. The van der Waals surface area contributed by atoms with Crippen molar-refractivity contribution in [1.82, 2.24) is 5.32 Å². The smallest absolute Gasteiger partial charge is 0.0480 e. The minimum Gasteiger partial charge on any atom is -0.396 e. The molecule has 1 aromatic rings. The third-order valence-corrected chi connectivity index (χ3v) is 3.44. The summed E-state index contributed by atoms with van der Waals surface area (Å²) in [5.74, 6) is 0.338. The van der Waals surface area contributed by atoms with Gasteiger partial charge in [-0.1, -0.05) is 37.3 Å². The minimum atomic E-state index is 0.0933. The highest BCUT2D eigenvalue weighted by atomic mass is 16.3. The molecule has 1 saturated heterocycles. The lowest BCUT2D eigenvalue weighted by Crippen LogP contribution is -2.33. The Morgan fingerprint density at radius 3 is 2.79 bits per heavy atom. The monoisotopic (exact) mass is 191 g/mol. The molecule has 14 heavy (non-hydrogen) atoms. The molecule has 0 aromatic heterocycles. The van der Waals surface area contributed by atoms with Gasteiger partial charge in [-0.25, -0.2) is 0 Å². The number of hydrogen-bond donors (Lipinski definition) is 2. The van der Waals surface area contributed by atoms with E-state index in [1.165, 1.54) is 5.56 Å². The normalized spacial score (nSPS) is 32.0. The summed E-state index contributed by atoms with van der Waals surface area (Å²) in [4.78, 5) is 0. The Bertz CT molecular complexity index is 298. The van der Waals surface area contributed by atoms with Crippen LogP contribution in [-0.2, 0) is 5.41 Å². The first-order valence-corrected chi connectivity index (χ1v) is 5.14. The van der Waals surface area contributed by atoms with E-state index in [0.29, 0.717) is 5.92 Å². The maximum Gasteiger partial charge on any atom is 0.0480 e. The largest absolute Gasteiger partial charge is 0.396 e. The fraction of sp³-hybridized carbons (Fsp3) is 0.500. The molecule has 0 aliphatic carbocycles. The average Bonchev–Trinajstić information content (AvgIpc) is 2.62. The van der Waals surface area contributed by atoms with Crippen LogP contribution in [-0.4, -0.2) is 24.8 Å². The molecule has 1 heterocycles. The van der Waals surface area contributed by atoms with Crippen molar-refractivity contribution in [2.45, 2.75) is 12.3 Å². The summed E-state index contributed by atoms with van der Waals surface area (Å²) >= 11 is 0. The summed E-state index contributed by atoms with van der Waals surface area (Å²) in [7, 11) is 0. The highest BCUT2D eigenvalue weighted by molar-refractivity contribution is 5.27. The van der Waals surface area contributed by atoms with Crippen molar-refractivity contribution >= 4 is 0 Å². The van der Waals surface area contributed by atoms with Gasteiger partial charge in [-0.3, -0.25) is 0 Å². The van der Waals surface area contributed by atoms with Crippen LogP contribution in [0.15, 0.2) is 30.3 Å². The lowest BCUT2D eigenvalue weighted by atomic mass is 9.74. The van der Waals surface area contributed by atoms with E-state index in [1.54, 1.807) is 0 Å². The van der Waals surface area contributed by atoms with Crippen LogP contribution < -0.4 is 5.32 Å². The summed E-state index contributed by atoms with van der Waals surface area (Å²) in [5.41, 5.74) is 1.42. The number of nitrogens with one attached hydrogen (secondary N) is 1. The van der Waals surface area contributed by atoms with E-state index in [1.807, 2.05) is 6.07 Å². The van der Waals surface area contributed by atoms with Crippen molar-refractivity contribution in [1.29, 1.82) is 0 Å². The summed E-state index contributed by atoms with van der Waals surface area (Å²) < 4.78 is 0. The summed E-state index contributed by atoms with van der Waals surface area (Å²) in [6, 6.07) is 10.5. The van der Waals surface area contributed by atoms with Crippen LogP contribution in [0, 0.1) is 5.92 Å². The van der Waals surface area contributed by atoms with Gasteiger partial charge in [-0.2, -0.15) is 0 Å². The zero-order chi connectivity index (χ0) is 10.0. The molecule has 1 fully saturated rings. The topological polar surface area (TPSA) is 32.3 Å². The molecule has 2 heteroatoms. The Balaban J connectivity index is 2.31. The number of benzene rings is 1. The molecule has 0 bridgehead atoms. The molecule has 2 rings (SSSR count). The van der Waals surface area contributed by atoms with E-state index >= 15 is 0 Å². The van der Waals surface area contributed by atoms with Crippen molar-refractivity contribution in [2.75, 3.05) is 19.7 Å². The molecular formula is C12H17NO. The van der Waals surface area contributed by atoms with Gasteiger partial charge in [0.15, 0.2) is 0 Å². The third kappa shape index (κ3) is 1.45. The predicted octanol–water partition coefficient (Wildman–Crippen LogP) is 1.16. The third-order valence-electron chi connectivity index (χ3n) is 3.44. The number of rotatable bonds is 2. The second kappa shape index (κ2) is 3.71. The van der Waals surface area contributed by atoms with Gasteiger partial charge in [0.25, 0.3) is 0 Å². The molecular weight excluding hydrogens is 174 g/mol. The Hall–Kier alpha value is -0.860. The second-order valence-electron chi connectivity index (χ2n) is 4.29. The summed E-state index contributed by atoms with van der Waals surface area (Å²) in [6.45, 7) is 4.37. The molecule has 2 N–H and O–H groups in total. The van der Waals surface area contributed by atoms with Crippen LogP contribution in [0.5, 0.6) is 0 Å². The highest BCUT2D eigenvalue weighted by Gasteiger charge is 2.39. The average molecular weight is 191 g/mol. The van der Waals surface area contributed by atoms with E-state index in [0.717, 1.165) is 13.1 Å². The van der Waals surface area contributed by atoms with Crippen LogP contribution in [0.25, 0.3) is 0 Å². The van der Waals surface area contributed by atoms with Gasteiger partial charge in [0, 0.05) is 31.0 Å². The standard InChI is InChI=1S/C12H17NO/c1-12(9-13-7-11(12)8-14)10-5-3-2-4-6-10/h2-6,11,13-14H,7-9H2,1H3/t11-,12-/m0/s1. The maximum atomic E-state index is 9.32. The Kier molecular flexibility index (Phi) is 2.57. The second-order valence-corrected chi connectivity index (χ2v) is 4.29. The lowest BCUT2D eigenvalue weighted by Gasteiger charge is -2.29. The first kappa shape index (κ1) is 9.69. The van der Waals surface area contributed by atoms with Gasteiger partial charge < -0.3 is 10.4 Å². The van der Waals surface area contributed by atoms with E-state index in [9.17, 15) is 5.11 Å². The molecule has 0 spiro atoms. The van der Waals surface area contributed by atoms with Crippen LogP contribution in [0.1, 0.15) is 12.5 Å². The number of aliphatic hydroxyl groups is 1. The quantitative estimate of drug-likeness (QED) is 0.735. The van der Waals surface area contributed by atoms with Crippen LogP contribution >= 0.6 is 0 Å². The highest BCUT2D eigenvalue weighted by Crippen LogP contribution is 2.34. The van der Waals surface area contributed by atoms with Crippen LogP contribution in [0.3, 0.4) is 0 Å². The Morgan fingerprint density at radius 1 is 1.43 bits per heavy atom. The van der Waals surface area contributed by atoms with Gasteiger partial charge in [0.1, 0.15) is 0 Å². The molecule has 76 valence electrons. The number of hydrogen-bond acceptors (Lipinski definition) is 2. The molecule has 0 amide bonds. The zero-order valence-electron chi connectivity index (χ0n) is 8.53. The summed E-state index contributed by atoms with van der Waals surface area (Å²) in [5, 5.41) is 12.7. The molecule has 1 aliphatic heterocycles. The van der Waals surface area contributed by atoms with Crippen LogP contribution in [0.4, 0.5) is 0 Å². The van der Waals surface area contributed by atoms with Crippen molar-refractivity contribution in [3.05, 3.63) is 35.9 Å². The fourth-order valence-corrected chi connectivity index (χ4v) is 2.30. The summed E-state index contributed by atoms with van der Waals surface area (Å²) in [6.07, 6.45) is 0. The molecule has 1 aromatic carbocycles. The first-order valence-electron chi connectivity index (χ1n) is 5.14. The molecule has 0 saturated carbocycles. The fourth-order valence-electron chi connectivity index (χ4n) is 2.30. The maximum absolute atomic E-state index is 9.32. The molecule has 0 radical (unpaired) electrons. The van der Waals surface area contributed by atoms with E-state index in [4.69, 9.17) is 0 Å². The predicted molar refractivity (Wildman–Crippen MR) is 57.2 cm³/mol. The van der Waals surface area contributed by atoms with E-state index < -0.39 is 0 Å². The van der Waals surface area contributed by atoms with Gasteiger partial charge in [0.05, 0.1) is 0 Å². The van der Waals surface area contributed by atoms with Crippen molar-refractivity contribution in [3.8, 4) is 0 Å². The van der Waals surface area contributed by atoms with Gasteiger partial charge in [-0.05, 0) is 5.56 Å². The molecule has 1 aliphatic rings. The van der Waals surface area contributed by atoms with Gasteiger partial charge in [0.2, 0.25) is 0 Å². The van der Waals surface area contributed by atoms with Crippen molar-refractivity contribution in [3.63, 3.8) is 0 Å². The van der Waals surface area contributed by atoms with Crippen LogP contribution in [0.2, 0.25) is 0 Å². The van der Waals surface area contributed by atoms with E-state index in [2.05, 4.69) is 36.5 Å². The van der Waals surface area contributed by atoms with Gasteiger partial charge in [-0.15, -0.1) is 0 Å². The SMILES string of the molecule is C[C@@]1(c2ccccc2)CNC[C@H]1CO. The van der Waals surface area contributed by atoms with Crippen molar-refractivity contribution < 1.29 is 5.11 Å². The number of aliphatic hydroxyl groups excluding tert-OH is 1. The first-order chi connectivity index (χ1) is 6.77. The molecule has 2 nitrogen and oxygen atoms in total. The van der Waals surface area contributed by atoms with E-state index in [-0.39, 0.29) is 12.0 Å². The van der Waals surface area contributed by atoms with Gasteiger partial charge >= 0.3 is 0 Å². The Morgan fingerprint density at radius 2 is 2.14 bits per heavy atom.